The third-order valence-electron chi connectivity index (χ3n) is 4.65. The predicted molar refractivity (Wildman–Crippen MR) is 109 cm³/mol. The summed E-state index contributed by atoms with van der Waals surface area (Å²) in [6.45, 7) is 8.54. The molecule has 0 spiro atoms. The van der Waals surface area contributed by atoms with Crippen molar-refractivity contribution in [2.45, 2.75) is 53.6 Å². The zero-order chi connectivity index (χ0) is 21.9. The van der Waals surface area contributed by atoms with Crippen molar-refractivity contribution in [3.8, 4) is 0 Å². The zero-order valence-corrected chi connectivity index (χ0v) is 18.2. The second-order valence-electron chi connectivity index (χ2n) is 6.86. The lowest BCUT2D eigenvalue weighted by atomic mass is 10.1. The van der Waals surface area contributed by atoms with E-state index in [2.05, 4.69) is 4.98 Å². The fourth-order valence-electron chi connectivity index (χ4n) is 3.18. The van der Waals surface area contributed by atoms with Gasteiger partial charge >= 0.3 is 11.9 Å². The Balaban J connectivity index is 1.99. The molecule has 2 aromatic heterocycles. The van der Waals surface area contributed by atoms with Gasteiger partial charge in [0, 0.05) is 27.4 Å². The molecule has 7 nitrogen and oxygen atoms in total. The number of carbonyl (C=O) groups excluding carboxylic acids is 4. The lowest BCUT2D eigenvalue weighted by molar-refractivity contribution is -0.146. The molecule has 29 heavy (non-hydrogen) atoms. The Labute approximate surface area is 173 Å². The highest BCUT2D eigenvalue weighted by Gasteiger charge is 2.27. The number of Topliss-reactive ketones (excluding diaryl/α,β-unsaturated/α-hetero) is 2. The van der Waals surface area contributed by atoms with Gasteiger partial charge in [-0.25, -0.2) is 4.79 Å². The van der Waals surface area contributed by atoms with Crippen molar-refractivity contribution in [2.24, 2.45) is 0 Å². The number of carbonyl (C=O) groups is 4. The summed E-state index contributed by atoms with van der Waals surface area (Å²) >= 11 is 1.53. The third kappa shape index (κ3) is 5.00. The first-order valence-corrected chi connectivity index (χ1v) is 9.99. The van der Waals surface area contributed by atoms with Gasteiger partial charge in [-0.15, -0.1) is 11.3 Å². The third-order valence-corrected chi connectivity index (χ3v) is 5.61. The number of rotatable bonds is 8. The predicted octanol–water partition coefficient (Wildman–Crippen LogP) is 3.87. The number of thiophene rings is 1. The molecule has 1 N–H and O–H groups in total. The summed E-state index contributed by atoms with van der Waals surface area (Å²) < 4.78 is 9.93. The smallest absolute Gasteiger partial charge is 0.339 e. The minimum absolute atomic E-state index is 0.0177. The molecule has 0 bridgehead atoms. The van der Waals surface area contributed by atoms with Crippen LogP contribution in [0, 0.1) is 27.7 Å². The van der Waals surface area contributed by atoms with Crippen LogP contribution in [0.2, 0.25) is 0 Å². The summed E-state index contributed by atoms with van der Waals surface area (Å²) in [6.07, 6.45) is -1.14. The Morgan fingerprint density at radius 3 is 2.31 bits per heavy atom. The molecule has 0 unspecified atom stereocenters. The molecule has 0 amide bonds. The highest BCUT2D eigenvalue weighted by atomic mass is 32.1. The fourth-order valence-corrected chi connectivity index (χ4v) is 4.12. The number of methoxy groups -OCH3 is 1. The lowest BCUT2D eigenvalue weighted by Crippen LogP contribution is -2.25. The Morgan fingerprint density at radius 2 is 1.76 bits per heavy atom. The average molecular weight is 419 g/mol. The van der Waals surface area contributed by atoms with Crippen LogP contribution >= 0.6 is 11.3 Å². The number of aromatic amines is 1. The number of ether oxygens (including phenoxy) is 2. The molecular weight excluding hydrogens is 394 g/mol. The van der Waals surface area contributed by atoms with Gasteiger partial charge in [-0.2, -0.15) is 0 Å². The topological polar surface area (TPSA) is 103 Å². The summed E-state index contributed by atoms with van der Waals surface area (Å²) in [4.78, 5) is 53.7. The van der Waals surface area contributed by atoms with Crippen LogP contribution in [0.15, 0.2) is 6.07 Å². The van der Waals surface area contributed by atoms with E-state index in [0.717, 1.165) is 9.75 Å². The van der Waals surface area contributed by atoms with Gasteiger partial charge in [-0.05, 0) is 46.2 Å². The van der Waals surface area contributed by atoms with Crippen molar-refractivity contribution in [3.63, 3.8) is 0 Å². The van der Waals surface area contributed by atoms with Gasteiger partial charge in [0.05, 0.1) is 24.8 Å². The van der Waals surface area contributed by atoms with Crippen LogP contribution < -0.4 is 0 Å². The van der Waals surface area contributed by atoms with Gasteiger partial charge in [0.15, 0.2) is 11.9 Å². The van der Waals surface area contributed by atoms with E-state index >= 15 is 0 Å². The second kappa shape index (κ2) is 9.17. The van der Waals surface area contributed by atoms with E-state index in [9.17, 15) is 19.2 Å². The highest BCUT2D eigenvalue weighted by Crippen LogP contribution is 2.23. The van der Waals surface area contributed by atoms with Gasteiger partial charge in [0.1, 0.15) is 0 Å². The van der Waals surface area contributed by atoms with E-state index in [4.69, 9.17) is 9.47 Å². The van der Waals surface area contributed by atoms with Crippen molar-refractivity contribution in [2.75, 3.05) is 7.11 Å². The summed E-state index contributed by atoms with van der Waals surface area (Å²) in [5, 5.41) is 0. The van der Waals surface area contributed by atoms with Crippen LogP contribution in [0.5, 0.6) is 0 Å². The van der Waals surface area contributed by atoms with Crippen LogP contribution in [-0.2, 0) is 14.3 Å². The van der Waals surface area contributed by atoms with Crippen molar-refractivity contribution < 1.29 is 28.7 Å². The summed E-state index contributed by atoms with van der Waals surface area (Å²) in [7, 11) is 1.26. The van der Waals surface area contributed by atoms with E-state index in [1.807, 2.05) is 19.9 Å². The first-order chi connectivity index (χ1) is 13.6. The summed E-state index contributed by atoms with van der Waals surface area (Å²) in [5.74, 6) is -1.75. The summed E-state index contributed by atoms with van der Waals surface area (Å²) in [5.41, 5.74) is 2.06. The number of H-pyrrole nitrogens is 1. The van der Waals surface area contributed by atoms with Crippen molar-refractivity contribution in [1.82, 2.24) is 4.98 Å². The van der Waals surface area contributed by atoms with Gasteiger partial charge in [-0.1, -0.05) is 0 Å². The molecule has 156 valence electrons. The normalized spacial score (nSPS) is 11.8. The van der Waals surface area contributed by atoms with Crippen LogP contribution in [0.1, 0.15) is 72.0 Å². The van der Waals surface area contributed by atoms with E-state index < -0.39 is 23.8 Å². The number of esters is 2. The summed E-state index contributed by atoms with van der Waals surface area (Å²) in [6, 6.07) is 1.81. The van der Waals surface area contributed by atoms with Gasteiger partial charge in [-0.3, -0.25) is 14.4 Å². The average Bonchev–Trinajstić information content (AvgIpc) is 3.16. The Kier molecular flexibility index (Phi) is 7.13. The molecule has 0 radical (unpaired) electrons. The minimum Gasteiger partial charge on any atom is -0.465 e. The van der Waals surface area contributed by atoms with E-state index in [1.165, 1.54) is 25.4 Å². The molecule has 0 saturated carbocycles. The first kappa shape index (κ1) is 22.5. The maximum absolute atomic E-state index is 12.7. The van der Waals surface area contributed by atoms with Crippen LogP contribution in [0.4, 0.5) is 0 Å². The van der Waals surface area contributed by atoms with Gasteiger partial charge < -0.3 is 14.5 Å². The van der Waals surface area contributed by atoms with Gasteiger partial charge in [0.25, 0.3) is 0 Å². The molecule has 0 fully saturated rings. The first-order valence-electron chi connectivity index (χ1n) is 9.18. The molecule has 2 heterocycles. The van der Waals surface area contributed by atoms with Crippen molar-refractivity contribution >= 4 is 34.8 Å². The minimum atomic E-state index is -1.05. The maximum Gasteiger partial charge on any atom is 0.339 e. The van der Waals surface area contributed by atoms with Crippen LogP contribution in [0.25, 0.3) is 0 Å². The fraction of sp³-hybridized carbons (Fsp3) is 0.429. The molecule has 0 saturated heterocycles. The molecule has 0 aromatic carbocycles. The highest BCUT2D eigenvalue weighted by molar-refractivity contribution is 7.12. The molecule has 2 aromatic rings. The molecule has 1 atom stereocenters. The molecule has 2 rings (SSSR count). The van der Waals surface area contributed by atoms with Crippen LogP contribution in [-0.4, -0.2) is 41.7 Å². The number of nitrogens with one attached hydrogen (secondary N) is 1. The molecule has 8 heteroatoms. The largest absolute Gasteiger partial charge is 0.465 e. The Hall–Kier alpha value is -2.74. The van der Waals surface area contributed by atoms with Crippen molar-refractivity contribution in [1.29, 1.82) is 0 Å². The standard InChI is InChI=1S/C21H25NO6S/c1-10-9-15(14(5)29-10)16(23)7-8-17(24)28-13(4)20(25)19-11(2)18(12(3)22-19)21(26)27-6/h9,13,22H,7-8H2,1-6H3/t13-/m0/s1. The molecular formula is C21H25NO6S. The van der Waals surface area contributed by atoms with Crippen LogP contribution in [0.3, 0.4) is 0 Å². The number of hydrogen-bond acceptors (Lipinski definition) is 7. The number of aromatic nitrogens is 1. The SMILES string of the molecule is COC(=O)c1c(C)[nH]c(C(=O)[C@H](C)OC(=O)CCC(=O)c2cc(C)sc2C)c1C. The molecule has 0 aliphatic carbocycles. The maximum atomic E-state index is 12.7. The van der Waals surface area contributed by atoms with E-state index in [-0.39, 0.29) is 24.3 Å². The van der Waals surface area contributed by atoms with E-state index in [1.54, 1.807) is 13.8 Å². The number of hydrogen-bond donors (Lipinski definition) is 1. The number of aryl methyl sites for hydroxylation is 3. The number of ketones is 2. The molecule has 0 aliphatic rings. The second-order valence-corrected chi connectivity index (χ2v) is 8.32. The molecule has 0 aliphatic heterocycles. The lowest BCUT2D eigenvalue weighted by Gasteiger charge is -2.12. The van der Waals surface area contributed by atoms with Gasteiger partial charge in [0.2, 0.25) is 5.78 Å². The van der Waals surface area contributed by atoms with Crippen molar-refractivity contribution in [3.05, 3.63) is 43.9 Å². The Bertz CT molecular complexity index is 968. The monoisotopic (exact) mass is 419 g/mol. The zero-order valence-electron chi connectivity index (χ0n) is 17.4. The van der Waals surface area contributed by atoms with E-state index in [0.29, 0.717) is 22.4 Å². The quantitative estimate of drug-likeness (QED) is 0.515. The Morgan fingerprint density at radius 1 is 1.10 bits per heavy atom.